The number of fused-ring (bicyclic) bond motifs is 1. The van der Waals surface area contributed by atoms with E-state index in [-0.39, 0.29) is 26.2 Å². The van der Waals surface area contributed by atoms with E-state index in [1.807, 2.05) is 13.8 Å². The molecule has 0 unspecified atom stereocenters. The van der Waals surface area contributed by atoms with Gasteiger partial charge in [0, 0.05) is 46.8 Å². The monoisotopic (exact) mass is 547 g/mol. The van der Waals surface area contributed by atoms with E-state index in [4.69, 9.17) is 30.5 Å². The molecule has 1 aliphatic rings. The molecule has 3 rings (SSSR count). The minimum Gasteiger partial charge on any atom is -0.493 e. The minimum absolute atomic E-state index is 0.142. The molecule has 9 nitrogen and oxygen atoms in total. The molecule has 10 heteroatoms. The number of methoxy groups -OCH3 is 2. The van der Waals surface area contributed by atoms with Crippen molar-refractivity contribution in [2.75, 3.05) is 38.9 Å². The van der Waals surface area contributed by atoms with Gasteiger partial charge in [0.2, 0.25) is 0 Å². The number of hydrogen-bond acceptors (Lipinski definition) is 8. The van der Waals surface area contributed by atoms with Crippen LogP contribution in [-0.2, 0) is 23.9 Å². The molecule has 0 radical (unpaired) electrons. The molecule has 0 aromatic heterocycles. The Labute approximate surface area is 227 Å². The summed E-state index contributed by atoms with van der Waals surface area (Å²) < 4.78 is 22.4. The zero-order valence-electron chi connectivity index (χ0n) is 22.3. The molecule has 1 heterocycles. The Hall–Kier alpha value is -3.14. The molecule has 0 aliphatic carbocycles. The maximum absolute atomic E-state index is 14.0. The molecule has 1 N–H and O–H groups in total. The number of esters is 1. The van der Waals surface area contributed by atoms with Crippen LogP contribution in [0.4, 0.5) is 5.69 Å². The number of benzene rings is 2. The van der Waals surface area contributed by atoms with Gasteiger partial charge in [-0.2, -0.15) is 0 Å². The molecule has 0 spiro atoms. The first kappa shape index (κ1) is 29.4. The quantitative estimate of drug-likeness (QED) is 0.330. The molecule has 0 saturated heterocycles. The van der Waals surface area contributed by atoms with Gasteiger partial charge in [0.25, 0.3) is 5.91 Å². The first-order valence-electron chi connectivity index (χ1n) is 12.3. The number of carbonyl (C=O) groups excluding carboxylic acids is 3. The van der Waals surface area contributed by atoms with Gasteiger partial charge in [-0.05, 0) is 31.2 Å². The van der Waals surface area contributed by atoms with Crippen molar-refractivity contribution < 1.29 is 38.4 Å². The summed E-state index contributed by atoms with van der Waals surface area (Å²) in [5.74, 6) is -0.779. The maximum atomic E-state index is 14.0. The van der Waals surface area contributed by atoms with Gasteiger partial charge in [0.15, 0.2) is 11.5 Å². The fraction of sp³-hybridized carbons (Fsp3) is 0.464. The summed E-state index contributed by atoms with van der Waals surface area (Å²) in [7, 11) is 3.01. The number of ether oxygens (including phenoxy) is 4. The van der Waals surface area contributed by atoms with Crippen molar-refractivity contribution in [3.8, 4) is 11.5 Å². The standard InChI is InChI=1S/C28H34ClNO8/c1-6-37-24(33)14-18(32)13-23-27(34)30(15-28(2,3)16-31)21-11-10-17(29)12-20(21)25(38-23)19-8-7-9-22(35-4)26(19)36-5/h7-12,23,25,31H,6,13-16H2,1-5H3/t23-,25-/m1/s1. The van der Waals surface area contributed by atoms with Gasteiger partial charge in [-0.25, -0.2) is 0 Å². The van der Waals surface area contributed by atoms with Crippen LogP contribution in [0.2, 0.25) is 5.02 Å². The van der Waals surface area contributed by atoms with Crippen LogP contribution in [0.15, 0.2) is 36.4 Å². The van der Waals surface area contributed by atoms with E-state index < -0.39 is 41.7 Å². The Kier molecular flexibility index (Phi) is 9.76. The molecule has 2 aromatic rings. The first-order chi connectivity index (χ1) is 18.0. The smallest absolute Gasteiger partial charge is 0.313 e. The second kappa shape index (κ2) is 12.6. The van der Waals surface area contributed by atoms with Crippen molar-refractivity contribution in [2.45, 2.75) is 45.8 Å². The van der Waals surface area contributed by atoms with Gasteiger partial charge in [-0.1, -0.05) is 37.6 Å². The number of hydrogen-bond donors (Lipinski definition) is 1. The minimum atomic E-state index is -1.24. The second-order valence-corrected chi connectivity index (χ2v) is 10.2. The number of nitrogens with zero attached hydrogens (tertiary/aromatic N) is 1. The molecule has 1 amide bonds. The van der Waals surface area contributed by atoms with E-state index in [1.165, 1.54) is 19.1 Å². The lowest BCUT2D eigenvalue weighted by Gasteiger charge is -2.32. The number of amides is 1. The summed E-state index contributed by atoms with van der Waals surface area (Å²) in [6.07, 6.45) is -2.94. The van der Waals surface area contributed by atoms with Crippen LogP contribution in [0.3, 0.4) is 0 Å². The van der Waals surface area contributed by atoms with Crippen LogP contribution in [0.1, 0.15) is 50.8 Å². The van der Waals surface area contributed by atoms with Gasteiger partial charge in [0.1, 0.15) is 24.4 Å². The fourth-order valence-electron chi connectivity index (χ4n) is 4.36. The SMILES string of the molecule is CCOC(=O)CC(=O)C[C@H]1O[C@H](c2cccc(OC)c2OC)c2cc(Cl)ccc2N(CC(C)(C)CO)C1=O. The Bertz CT molecular complexity index is 1180. The van der Waals surface area contributed by atoms with E-state index >= 15 is 0 Å². The van der Waals surface area contributed by atoms with Gasteiger partial charge < -0.3 is 29.0 Å². The maximum Gasteiger partial charge on any atom is 0.313 e. The summed E-state index contributed by atoms with van der Waals surface area (Å²) >= 11 is 6.41. The number of anilines is 1. The van der Waals surface area contributed by atoms with E-state index in [9.17, 15) is 19.5 Å². The molecule has 2 aromatic carbocycles. The third-order valence-electron chi connectivity index (χ3n) is 6.19. The lowest BCUT2D eigenvalue weighted by Crippen LogP contribution is -2.45. The molecule has 0 bridgehead atoms. The predicted molar refractivity (Wildman–Crippen MR) is 142 cm³/mol. The molecular weight excluding hydrogens is 514 g/mol. The zero-order chi connectivity index (χ0) is 28.0. The van der Waals surface area contributed by atoms with Crippen LogP contribution < -0.4 is 14.4 Å². The summed E-state index contributed by atoms with van der Waals surface area (Å²) in [5.41, 5.74) is 0.997. The van der Waals surface area contributed by atoms with E-state index in [0.717, 1.165) is 0 Å². The highest BCUT2D eigenvalue weighted by Crippen LogP contribution is 2.45. The Balaban J connectivity index is 2.17. The highest BCUT2D eigenvalue weighted by atomic mass is 35.5. The Morgan fingerprint density at radius 1 is 1.13 bits per heavy atom. The summed E-state index contributed by atoms with van der Waals surface area (Å²) in [6, 6.07) is 10.4. The third-order valence-corrected chi connectivity index (χ3v) is 6.43. The average Bonchev–Trinajstić information content (AvgIpc) is 2.98. The number of ketones is 1. The highest BCUT2D eigenvalue weighted by Gasteiger charge is 2.40. The number of Topliss-reactive ketones (excluding diaryl/α,β-unsaturated/α-hetero) is 1. The van der Waals surface area contributed by atoms with Gasteiger partial charge in [-0.3, -0.25) is 14.4 Å². The number of carbonyl (C=O) groups is 3. The largest absolute Gasteiger partial charge is 0.493 e. The number of halogens is 1. The van der Waals surface area contributed by atoms with Crippen LogP contribution in [0.5, 0.6) is 11.5 Å². The molecule has 0 saturated carbocycles. The van der Waals surface area contributed by atoms with Crippen molar-refractivity contribution in [1.82, 2.24) is 0 Å². The lowest BCUT2D eigenvalue weighted by atomic mass is 9.92. The number of aliphatic hydroxyl groups excluding tert-OH is 1. The lowest BCUT2D eigenvalue weighted by molar-refractivity contribution is -0.147. The topological polar surface area (TPSA) is 112 Å². The predicted octanol–water partition coefficient (Wildman–Crippen LogP) is 4.11. The Morgan fingerprint density at radius 3 is 2.50 bits per heavy atom. The van der Waals surface area contributed by atoms with Crippen LogP contribution in [0, 0.1) is 5.41 Å². The molecule has 2 atom stereocenters. The second-order valence-electron chi connectivity index (χ2n) is 9.76. The summed E-state index contributed by atoms with van der Waals surface area (Å²) in [6.45, 7) is 5.40. The van der Waals surface area contributed by atoms with Crippen molar-refractivity contribution in [2.24, 2.45) is 5.41 Å². The Morgan fingerprint density at radius 2 is 1.87 bits per heavy atom. The number of para-hydroxylation sites is 1. The molecule has 38 heavy (non-hydrogen) atoms. The van der Waals surface area contributed by atoms with Crippen LogP contribution in [0.25, 0.3) is 0 Å². The zero-order valence-corrected chi connectivity index (χ0v) is 23.0. The summed E-state index contributed by atoms with van der Waals surface area (Å²) in [4.78, 5) is 40.2. The molecule has 1 aliphatic heterocycles. The van der Waals surface area contributed by atoms with Crippen molar-refractivity contribution in [1.29, 1.82) is 0 Å². The number of rotatable bonds is 11. The van der Waals surface area contributed by atoms with Gasteiger partial charge >= 0.3 is 5.97 Å². The van der Waals surface area contributed by atoms with Gasteiger partial charge in [-0.15, -0.1) is 0 Å². The fourth-order valence-corrected chi connectivity index (χ4v) is 4.54. The first-order valence-corrected chi connectivity index (χ1v) is 12.7. The number of aliphatic hydroxyl groups is 1. The van der Waals surface area contributed by atoms with E-state index in [0.29, 0.717) is 33.3 Å². The van der Waals surface area contributed by atoms with E-state index in [1.54, 1.807) is 43.3 Å². The highest BCUT2D eigenvalue weighted by molar-refractivity contribution is 6.30. The molecule has 0 fully saturated rings. The third kappa shape index (κ3) is 6.64. The van der Waals surface area contributed by atoms with Crippen molar-refractivity contribution in [3.63, 3.8) is 0 Å². The van der Waals surface area contributed by atoms with Crippen LogP contribution >= 0.6 is 11.6 Å². The van der Waals surface area contributed by atoms with Crippen molar-refractivity contribution in [3.05, 3.63) is 52.5 Å². The average molecular weight is 548 g/mol. The normalized spacial score (nSPS) is 17.4. The van der Waals surface area contributed by atoms with Crippen LogP contribution in [-0.4, -0.2) is 62.8 Å². The summed E-state index contributed by atoms with van der Waals surface area (Å²) in [5, 5.41) is 10.4. The van der Waals surface area contributed by atoms with E-state index in [2.05, 4.69) is 0 Å². The van der Waals surface area contributed by atoms with Gasteiger partial charge in [0.05, 0.1) is 20.8 Å². The molecular formula is C28H34ClNO8. The molecule has 206 valence electrons. The van der Waals surface area contributed by atoms with Crippen molar-refractivity contribution >= 4 is 34.9 Å².